The van der Waals surface area contributed by atoms with Crippen molar-refractivity contribution >= 4 is 15.9 Å². The zero-order chi connectivity index (χ0) is 11.7. The van der Waals surface area contributed by atoms with Gasteiger partial charge in [-0.2, -0.15) is 0 Å². The van der Waals surface area contributed by atoms with Crippen LogP contribution in [0, 0.1) is 0 Å². The minimum absolute atomic E-state index is 0.237. The molecule has 0 spiro atoms. The van der Waals surface area contributed by atoms with Crippen molar-refractivity contribution in [3.8, 4) is 0 Å². The van der Waals surface area contributed by atoms with Gasteiger partial charge >= 0.3 is 0 Å². The van der Waals surface area contributed by atoms with E-state index in [1.165, 1.54) is 11.1 Å². The minimum Gasteiger partial charge on any atom is -0.363 e. The summed E-state index contributed by atoms with van der Waals surface area (Å²) in [4.78, 5) is 0.272. The first-order chi connectivity index (χ1) is 8.36. The Balaban J connectivity index is 1.73. The molecule has 0 saturated carbocycles. The molecule has 3 atom stereocenters. The second-order valence-corrected chi connectivity index (χ2v) is 5.23. The first-order valence-corrected chi connectivity index (χ1v) is 6.67. The van der Waals surface area contributed by atoms with E-state index in [0.717, 1.165) is 0 Å². The third-order valence-electron chi connectivity index (χ3n) is 3.06. The fourth-order valence-corrected chi connectivity index (χ4v) is 2.79. The van der Waals surface area contributed by atoms with Crippen LogP contribution in [-0.2, 0) is 4.74 Å². The lowest BCUT2D eigenvalue weighted by atomic mass is 10.0. The Morgan fingerprint density at radius 3 is 2.12 bits per heavy atom. The summed E-state index contributed by atoms with van der Waals surface area (Å²) in [5, 5.41) is 0. The summed E-state index contributed by atoms with van der Waals surface area (Å²) in [7, 11) is 0. The average molecular weight is 289 g/mol. The Bertz CT molecular complexity index is 483. The molecule has 2 heteroatoms. The van der Waals surface area contributed by atoms with Gasteiger partial charge in [-0.3, -0.25) is 0 Å². The SMILES string of the molecule is BrC(c1ccccc1)[C@H]1O[C@@H]1c1ccccc1. The van der Waals surface area contributed by atoms with Crippen LogP contribution in [0.15, 0.2) is 60.7 Å². The van der Waals surface area contributed by atoms with E-state index in [1.54, 1.807) is 0 Å². The van der Waals surface area contributed by atoms with E-state index in [-0.39, 0.29) is 17.0 Å². The summed E-state index contributed by atoms with van der Waals surface area (Å²) in [6, 6.07) is 20.8. The molecule has 0 radical (unpaired) electrons. The maximum Gasteiger partial charge on any atom is 0.111 e. The Labute approximate surface area is 110 Å². The highest BCUT2D eigenvalue weighted by atomic mass is 79.9. The lowest BCUT2D eigenvalue weighted by molar-refractivity contribution is 0.372. The van der Waals surface area contributed by atoms with E-state index in [4.69, 9.17) is 4.74 Å². The molecule has 17 heavy (non-hydrogen) atoms. The Morgan fingerprint density at radius 2 is 1.47 bits per heavy atom. The predicted molar refractivity (Wildman–Crippen MR) is 72.2 cm³/mol. The molecule has 1 aliphatic heterocycles. The highest BCUT2D eigenvalue weighted by Crippen LogP contribution is 2.49. The third kappa shape index (κ3) is 2.28. The molecule has 1 heterocycles. The highest BCUT2D eigenvalue weighted by molar-refractivity contribution is 9.09. The lowest BCUT2D eigenvalue weighted by Crippen LogP contribution is -1.99. The number of epoxide rings is 1. The highest BCUT2D eigenvalue weighted by Gasteiger charge is 2.45. The van der Waals surface area contributed by atoms with Crippen LogP contribution in [0.2, 0.25) is 0 Å². The summed E-state index contributed by atoms with van der Waals surface area (Å²) < 4.78 is 5.77. The molecule has 1 fully saturated rings. The number of hydrogen-bond donors (Lipinski definition) is 0. The molecule has 86 valence electrons. The van der Waals surface area contributed by atoms with E-state index < -0.39 is 0 Å². The summed E-state index contributed by atoms with van der Waals surface area (Å²) in [5.41, 5.74) is 2.54. The Kier molecular flexibility index (Phi) is 3.00. The maximum atomic E-state index is 5.77. The van der Waals surface area contributed by atoms with Crippen molar-refractivity contribution in [1.29, 1.82) is 0 Å². The van der Waals surface area contributed by atoms with Gasteiger partial charge in [0.2, 0.25) is 0 Å². The van der Waals surface area contributed by atoms with Gasteiger partial charge in [-0.25, -0.2) is 0 Å². The molecule has 1 aliphatic rings. The lowest BCUT2D eigenvalue weighted by Gasteiger charge is -2.06. The number of hydrogen-bond acceptors (Lipinski definition) is 1. The molecule has 1 nitrogen and oxygen atoms in total. The number of alkyl halides is 1. The number of rotatable bonds is 3. The van der Waals surface area contributed by atoms with Crippen molar-refractivity contribution in [3.63, 3.8) is 0 Å². The smallest absolute Gasteiger partial charge is 0.111 e. The van der Waals surface area contributed by atoms with Crippen LogP contribution in [-0.4, -0.2) is 6.10 Å². The van der Waals surface area contributed by atoms with Crippen molar-refractivity contribution in [2.45, 2.75) is 17.0 Å². The normalized spacial score (nSPS) is 24.3. The van der Waals surface area contributed by atoms with Crippen LogP contribution < -0.4 is 0 Å². The van der Waals surface area contributed by atoms with Crippen LogP contribution in [0.4, 0.5) is 0 Å². The Morgan fingerprint density at radius 1 is 0.882 bits per heavy atom. The first-order valence-electron chi connectivity index (χ1n) is 5.76. The van der Waals surface area contributed by atoms with E-state index in [1.807, 2.05) is 12.1 Å². The second kappa shape index (κ2) is 4.63. The van der Waals surface area contributed by atoms with Crippen LogP contribution in [0.1, 0.15) is 22.1 Å². The molecule has 3 rings (SSSR count). The van der Waals surface area contributed by atoms with Crippen LogP contribution >= 0.6 is 15.9 Å². The molecular weight excluding hydrogens is 276 g/mol. The zero-order valence-corrected chi connectivity index (χ0v) is 10.9. The van der Waals surface area contributed by atoms with Gasteiger partial charge < -0.3 is 4.74 Å². The quantitative estimate of drug-likeness (QED) is 0.607. The van der Waals surface area contributed by atoms with Crippen LogP contribution in [0.25, 0.3) is 0 Å². The molecular formula is C15H13BrO. The van der Waals surface area contributed by atoms with Crippen LogP contribution in [0.5, 0.6) is 0 Å². The molecule has 2 aromatic carbocycles. The van der Waals surface area contributed by atoms with E-state index in [0.29, 0.717) is 0 Å². The van der Waals surface area contributed by atoms with Gasteiger partial charge in [0, 0.05) is 0 Å². The van der Waals surface area contributed by atoms with E-state index >= 15 is 0 Å². The number of ether oxygens (including phenoxy) is 1. The topological polar surface area (TPSA) is 12.5 Å². The van der Waals surface area contributed by atoms with Gasteiger partial charge in [0.15, 0.2) is 0 Å². The fourth-order valence-electron chi connectivity index (χ4n) is 2.08. The van der Waals surface area contributed by atoms with Gasteiger partial charge in [-0.1, -0.05) is 76.6 Å². The van der Waals surface area contributed by atoms with Gasteiger partial charge in [0.05, 0.1) is 4.83 Å². The van der Waals surface area contributed by atoms with Gasteiger partial charge in [-0.15, -0.1) is 0 Å². The molecule has 0 aromatic heterocycles. The summed E-state index contributed by atoms with van der Waals surface area (Å²) >= 11 is 3.73. The van der Waals surface area contributed by atoms with Crippen LogP contribution in [0.3, 0.4) is 0 Å². The van der Waals surface area contributed by atoms with E-state index in [9.17, 15) is 0 Å². The molecule has 0 N–H and O–H groups in total. The fraction of sp³-hybridized carbons (Fsp3) is 0.200. The van der Waals surface area contributed by atoms with E-state index in [2.05, 4.69) is 64.5 Å². The number of benzene rings is 2. The summed E-state index contributed by atoms with van der Waals surface area (Å²) in [6.07, 6.45) is 0.487. The average Bonchev–Trinajstić information content (AvgIpc) is 3.20. The summed E-state index contributed by atoms with van der Waals surface area (Å²) in [5.74, 6) is 0. The van der Waals surface area contributed by atoms with Crippen molar-refractivity contribution < 1.29 is 4.74 Å². The molecule has 0 amide bonds. The van der Waals surface area contributed by atoms with Crippen molar-refractivity contribution in [2.75, 3.05) is 0 Å². The molecule has 0 bridgehead atoms. The van der Waals surface area contributed by atoms with Gasteiger partial charge in [-0.05, 0) is 11.1 Å². The third-order valence-corrected chi connectivity index (χ3v) is 4.11. The summed E-state index contributed by atoms with van der Waals surface area (Å²) in [6.45, 7) is 0. The molecule has 1 saturated heterocycles. The second-order valence-electron chi connectivity index (χ2n) is 4.24. The maximum absolute atomic E-state index is 5.77. The minimum atomic E-state index is 0.237. The van der Waals surface area contributed by atoms with Gasteiger partial charge in [0.1, 0.15) is 12.2 Å². The molecule has 0 aliphatic carbocycles. The zero-order valence-electron chi connectivity index (χ0n) is 9.29. The number of halogens is 1. The first kappa shape index (κ1) is 11.0. The van der Waals surface area contributed by atoms with Crippen molar-refractivity contribution in [1.82, 2.24) is 0 Å². The molecule has 1 unspecified atom stereocenters. The standard InChI is InChI=1S/C15H13BrO/c16-13(11-7-3-1-4-8-11)15-14(17-15)12-9-5-2-6-10-12/h1-10,13-15H/t13?,14-,15-/m1/s1. The van der Waals surface area contributed by atoms with Gasteiger partial charge in [0.25, 0.3) is 0 Å². The Hall–Kier alpha value is -1.12. The largest absolute Gasteiger partial charge is 0.363 e. The molecule has 2 aromatic rings. The van der Waals surface area contributed by atoms with Crippen molar-refractivity contribution in [3.05, 3.63) is 71.8 Å². The predicted octanol–water partition coefficient (Wildman–Crippen LogP) is 4.26. The van der Waals surface area contributed by atoms with Crippen molar-refractivity contribution in [2.24, 2.45) is 0 Å². The monoisotopic (exact) mass is 288 g/mol.